The molecule has 1 saturated heterocycles. The maximum absolute atomic E-state index is 12.9. The van der Waals surface area contributed by atoms with E-state index in [0.717, 1.165) is 37.4 Å². The van der Waals surface area contributed by atoms with Crippen LogP contribution < -0.4 is 4.90 Å². The van der Waals surface area contributed by atoms with Crippen molar-refractivity contribution >= 4 is 11.7 Å². The Morgan fingerprint density at radius 2 is 1.84 bits per heavy atom. The Labute approximate surface area is 148 Å². The number of nitrogens with zero attached hydrogens (tertiary/aromatic N) is 4. The fourth-order valence-electron chi connectivity index (χ4n) is 2.96. The number of piperazine rings is 1. The van der Waals surface area contributed by atoms with Crippen LogP contribution >= 0.6 is 0 Å². The molecule has 1 aliphatic rings. The monoisotopic (exact) mass is 340 g/mol. The van der Waals surface area contributed by atoms with Crippen LogP contribution in [0, 0.1) is 0 Å². The summed E-state index contributed by atoms with van der Waals surface area (Å²) in [7, 11) is 5.84. The SMILES string of the molecule is CN1CCN(C(=O)c2ccc(-c3cccc(O)c3)nc2N(C)C)CC1. The van der Waals surface area contributed by atoms with Crippen molar-refractivity contribution in [2.45, 2.75) is 0 Å². The number of carbonyl (C=O) groups is 1. The van der Waals surface area contributed by atoms with Crippen LogP contribution in [0.15, 0.2) is 36.4 Å². The molecule has 1 fully saturated rings. The summed E-state index contributed by atoms with van der Waals surface area (Å²) < 4.78 is 0. The fraction of sp³-hybridized carbons (Fsp3) is 0.368. The smallest absolute Gasteiger partial charge is 0.257 e. The van der Waals surface area contributed by atoms with Crippen molar-refractivity contribution in [1.29, 1.82) is 0 Å². The lowest BCUT2D eigenvalue weighted by molar-refractivity contribution is 0.0664. The van der Waals surface area contributed by atoms with E-state index in [1.807, 2.05) is 42.1 Å². The van der Waals surface area contributed by atoms with Crippen molar-refractivity contribution in [2.24, 2.45) is 0 Å². The number of amides is 1. The molecular weight excluding hydrogens is 316 g/mol. The normalized spacial score (nSPS) is 15.2. The number of carbonyl (C=O) groups excluding carboxylic acids is 1. The maximum Gasteiger partial charge on any atom is 0.257 e. The molecule has 2 heterocycles. The zero-order valence-electron chi connectivity index (χ0n) is 14.9. The number of rotatable bonds is 3. The number of aromatic hydroxyl groups is 1. The molecule has 0 spiro atoms. The van der Waals surface area contributed by atoms with E-state index in [4.69, 9.17) is 0 Å². The first-order chi connectivity index (χ1) is 12.0. The van der Waals surface area contributed by atoms with Crippen molar-refractivity contribution in [3.05, 3.63) is 42.0 Å². The van der Waals surface area contributed by atoms with Gasteiger partial charge >= 0.3 is 0 Å². The molecule has 132 valence electrons. The second kappa shape index (κ2) is 7.11. The van der Waals surface area contributed by atoms with Crippen LogP contribution in [0.25, 0.3) is 11.3 Å². The topological polar surface area (TPSA) is 59.9 Å². The lowest BCUT2D eigenvalue weighted by atomic mass is 10.1. The second-order valence-corrected chi connectivity index (χ2v) is 6.61. The van der Waals surface area contributed by atoms with Gasteiger partial charge < -0.3 is 19.8 Å². The summed E-state index contributed by atoms with van der Waals surface area (Å²) in [5, 5.41) is 9.68. The highest BCUT2D eigenvalue weighted by atomic mass is 16.3. The van der Waals surface area contributed by atoms with E-state index in [9.17, 15) is 9.90 Å². The molecule has 1 aromatic carbocycles. The van der Waals surface area contributed by atoms with Gasteiger partial charge in [-0.05, 0) is 31.3 Å². The van der Waals surface area contributed by atoms with Gasteiger partial charge in [0.05, 0.1) is 11.3 Å². The molecule has 1 aromatic heterocycles. The van der Waals surface area contributed by atoms with Gasteiger partial charge in [-0.3, -0.25) is 4.79 Å². The minimum absolute atomic E-state index is 0.0201. The number of phenolic OH excluding ortho intramolecular Hbond substituents is 1. The number of hydrogen-bond acceptors (Lipinski definition) is 5. The first-order valence-electron chi connectivity index (χ1n) is 8.41. The summed E-state index contributed by atoms with van der Waals surface area (Å²) >= 11 is 0. The molecule has 0 bridgehead atoms. The molecule has 0 radical (unpaired) electrons. The first-order valence-corrected chi connectivity index (χ1v) is 8.41. The van der Waals surface area contributed by atoms with Crippen LogP contribution in [-0.2, 0) is 0 Å². The highest BCUT2D eigenvalue weighted by Crippen LogP contribution is 2.26. The largest absolute Gasteiger partial charge is 0.508 e. The molecule has 1 aliphatic heterocycles. The highest BCUT2D eigenvalue weighted by molar-refractivity contribution is 5.99. The van der Waals surface area contributed by atoms with Gasteiger partial charge in [-0.2, -0.15) is 0 Å². The Morgan fingerprint density at radius 3 is 2.48 bits per heavy atom. The molecule has 6 heteroatoms. The minimum atomic E-state index is 0.0201. The highest BCUT2D eigenvalue weighted by Gasteiger charge is 2.24. The van der Waals surface area contributed by atoms with Crippen LogP contribution in [0.3, 0.4) is 0 Å². The van der Waals surface area contributed by atoms with E-state index in [0.29, 0.717) is 11.4 Å². The van der Waals surface area contributed by atoms with Crippen LogP contribution in [0.4, 0.5) is 5.82 Å². The molecule has 25 heavy (non-hydrogen) atoms. The van der Waals surface area contributed by atoms with E-state index in [1.54, 1.807) is 18.2 Å². The summed E-state index contributed by atoms with van der Waals surface area (Å²) in [5.41, 5.74) is 2.16. The third-order valence-corrected chi connectivity index (χ3v) is 4.46. The summed E-state index contributed by atoms with van der Waals surface area (Å²) in [6, 6.07) is 10.6. The van der Waals surface area contributed by atoms with Gasteiger partial charge in [0.15, 0.2) is 0 Å². The van der Waals surface area contributed by atoms with Crippen LogP contribution in [0.5, 0.6) is 5.75 Å². The molecule has 0 atom stereocenters. The molecule has 0 saturated carbocycles. The fourth-order valence-corrected chi connectivity index (χ4v) is 2.96. The van der Waals surface area contributed by atoms with E-state index in [2.05, 4.69) is 16.9 Å². The zero-order chi connectivity index (χ0) is 18.0. The van der Waals surface area contributed by atoms with E-state index in [1.165, 1.54) is 0 Å². The molecule has 2 aromatic rings. The van der Waals surface area contributed by atoms with E-state index >= 15 is 0 Å². The number of phenols is 1. The number of aromatic nitrogens is 1. The van der Waals surface area contributed by atoms with Gasteiger partial charge in [0, 0.05) is 45.8 Å². The molecular formula is C19H24N4O2. The van der Waals surface area contributed by atoms with Gasteiger partial charge in [-0.15, -0.1) is 0 Å². The molecule has 1 N–H and O–H groups in total. The predicted octanol–water partition coefficient (Wildman–Crippen LogP) is 1.91. The second-order valence-electron chi connectivity index (χ2n) is 6.61. The number of anilines is 1. The Morgan fingerprint density at radius 1 is 1.12 bits per heavy atom. The van der Waals surface area contributed by atoms with E-state index < -0.39 is 0 Å². The number of hydrogen-bond donors (Lipinski definition) is 1. The lowest BCUT2D eigenvalue weighted by Crippen LogP contribution is -2.47. The average molecular weight is 340 g/mol. The summed E-state index contributed by atoms with van der Waals surface area (Å²) in [6.45, 7) is 3.24. The molecule has 1 amide bonds. The molecule has 0 aliphatic carbocycles. The lowest BCUT2D eigenvalue weighted by Gasteiger charge is -2.33. The predicted molar refractivity (Wildman–Crippen MR) is 99.1 cm³/mol. The standard InChI is InChI=1S/C19H24N4O2/c1-21(2)18-16(19(25)23-11-9-22(3)10-12-23)7-8-17(20-18)14-5-4-6-15(24)13-14/h4-8,13,24H,9-12H2,1-3H3. The van der Waals surface area contributed by atoms with Crippen molar-refractivity contribution in [2.75, 3.05) is 52.2 Å². The van der Waals surface area contributed by atoms with Gasteiger partial charge in [-0.25, -0.2) is 4.98 Å². The quantitative estimate of drug-likeness (QED) is 0.925. The number of likely N-dealkylation sites (N-methyl/N-ethyl adjacent to an activating group) is 1. The Kier molecular flexibility index (Phi) is 4.90. The van der Waals surface area contributed by atoms with Gasteiger partial charge in [0.25, 0.3) is 5.91 Å². The van der Waals surface area contributed by atoms with Crippen LogP contribution in [0.1, 0.15) is 10.4 Å². The number of benzene rings is 1. The minimum Gasteiger partial charge on any atom is -0.508 e. The van der Waals surface area contributed by atoms with Gasteiger partial charge in [0.1, 0.15) is 11.6 Å². The summed E-state index contributed by atoms with van der Waals surface area (Å²) in [5.74, 6) is 0.861. The zero-order valence-corrected chi connectivity index (χ0v) is 14.9. The molecule has 3 rings (SSSR count). The van der Waals surface area contributed by atoms with Gasteiger partial charge in [0.2, 0.25) is 0 Å². The third-order valence-electron chi connectivity index (χ3n) is 4.46. The number of pyridine rings is 1. The van der Waals surface area contributed by atoms with Crippen molar-refractivity contribution in [1.82, 2.24) is 14.8 Å². The van der Waals surface area contributed by atoms with Gasteiger partial charge in [-0.1, -0.05) is 12.1 Å². The average Bonchev–Trinajstić information content (AvgIpc) is 2.61. The Balaban J connectivity index is 1.93. The maximum atomic E-state index is 12.9. The Bertz CT molecular complexity index is 768. The Hall–Kier alpha value is -2.60. The third kappa shape index (κ3) is 3.74. The molecule has 0 unspecified atom stereocenters. The first kappa shape index (κ1) is 17.2. The van der Waals surface area contributed by atoms with Crippen molar-refractivity contribution in [3.63, 3.8) is 0 Å². The van der Waals surface area contributed by atoms with E-state index in [-0.39, 0.29) is 11.7 Å². The summed E-state index contributed by atoms with van der Waals surface area (Å²) in [4.78, 5) is 23.6. The van der Waals surface area contributed by atoms with Crippen molar-refractivity contribution in [3.8, 4) is 17.0 Å². The van der Waals surface area contributed by atoms with Crippen molar-refractivity contribution < 1.29 is 9.90 Å². The molecule has 6 nitrogen and oxygen atoms in total. The van der Waals surface area contributed by atoms with Crippen LogP contribution in [0.2, 0.25) is 0 Å². The van der Waals surface area contributed by atoms with Crippen LogP contribution in [-0.4, -0.2) is 73.1 Å². The summed E-state index contributed by atoms with van der Waals surface area (Å²) in [6.07, 6.45) is 0.